The maximum absolute atomic E-state index is 6.26. The molecule has 0 bridgehead atoms. The quantitative estimate of drug-likeness (QED) is 0.528. The molecule has 0 aliphatic heterocycles. The highest BCUT2D eigenvalue weighted by molar-refractivity contribution is 7.13. The Kier molecular flexibility index (Phi) is 4.79. The van der Waals surface area contributed by atoms with Crippen LogP contribution in [-0.4, -0.2) is 26.6 Å². The van der Waals surface area contributed by atoms with Crippen LogP contribution >= 0.6 is 22.9 Å². The van der Waals surface area contributed by atoms with Crippen molar-refractivity contribution in [3.63, 3.8) is 0 Å². The predicted octanol–water partition coefficient (Wildman–Crippen LogP) is 4.69. The SMILES string of the molecule is CCOc1ccc(-c2csc(-c3nnn(-c4ccc(Cl)cc4)c3N)n2)cc1. The lowest BCUT2D eigenvalue weighted by Gasteiger charge is -2.03. The minimum atomic E-state index is 0.435. The van der Waals surface area contributed by atoms with Gasteiger partial charge in [-0.25, -0.2) is 4.98 Å². The Labute approximate surface area is 165 Å². The number of hydrogen-bond donors (Lipinski definition) is 1. The van der Waals surface area contributed by atoms with E-state index in [1.807, 2.05) is 48.7 Å². The first-order chi connectivity index (χ1) is 13.2. The van der Waals surface area contributed by atoms with Crippen LogP contribution < -0.4 is 10.5 Å². The third-order valence-corrected chi connectivity index (χ3v) is 5.04. The fourth-order valence-corrected chi connectivity index (χ4v) is 3.56. The third kappa shape index (κ3) is 3.51. The normalized spacial score (nSPS) is 10.9. The van der Waals surface area contributed by atoms with E-state index in [0.29, 0.717) is 23.1 Å². The number of anilines is 1. The Morgan fingerprint density at radius 2 is 1.85 bits per heavy atom. The second kappa shape index (κ2) is 7.38. The highest BCUT2D eigenvalue weighted by Gasteiger charge is 2.17. The molecule has 0 atom stereocenters. The number of nitrogens with two attached hydrogens (primary N) is 1. The van der Waals surface area contributed by atoms with Gasteiger partial charge in [0.1, 0.15) is 10.8 Å². The standard InChI is InChI=1S/C19H16ClN5OS/c1-2-26-15-9-3-12(4-10-15)16-11-27-19(22-16)17-18(21)25(24-23-17)14-7-5-13(20)6-8-14/h3-11H,2,21H2,1H3. The van der Waals surface area contributed by atoms with Gasteiger partial charge in [-0.2, -0.15) is 4.68 Å². The summed E-state index contributed by atoms with van der Waals surface area (Å²) in [6, 6.07) is 15.1. The largest absolute Gasteiger partial charge is 0.494 e. The van der Waals surface area contributed by atoms with E-state index in [0.717, 1.165) is 27.7 Å². The smallest absolute Gasteiger partial charge is 0.165 e. The van der Waals surface area contributed by atoms with Gasteiger partial charge in [0, 0.05) is 16.0 Å². The molecule has 4 rings (SSSR count). The number of nitrogens with zero attached hydrogens (tertiary/aromatic N) is 4. The molecule has 0 saturated carbocycles. The van der Waals surface area contributed by atoms with Crippen LogP contribution in [0.1, 0.15) is 6.92 Å². The molecular weight excluding hydrogens is 382 g/mol. The summed E-state index contributed by atoms with van der Waals surface area (Å²) in [4.78, 5) is 4.67. The average molecular weight is 398 g/mol. The van der Waals surface area contributed by atoms with E-state index in [1.54, 1.807) is 16.8 Å². The molecule has 6 nitrogen and oxygen atoms in total. The number of rotatable bonds is 5. The van der Waals surface area contributed by atoms with Crippen molar-refractivity contribution in [1.29, 1.82) is 0 Å². The Hall–Kier alpha value is -2.90. The Balaban J connectivity index is 1.63. The molecule has 4 aromatic rings. The van der Waals surface area contributed by atoms with Crippen LogP contribution in [0.5, 0.6) is 5.75 Å². The zero-order valence-corrected chi connectivity index (χ0v) is 16.0. The maximum atomic E-state index is 6.26. The Morgan fingerprint density at radius 1 is 1.11 bits per heavy atom. The fourth-order valence-electron chi connectivity index (χ4n) is 2.62. The van der Waals surface area contributed by atoms with Gasteiger partial charge in [-0.15, -0.1) is 16.4 Å². The molecule has 0 unspecified atom stereocenters. The van der Waals surface area contributed by atoms with Gasteiger partial charge in [0.05, 0.1) is 18.0 Å². The van der Waals surface area contributed by atoms with Crippen LogP contribution in [0, 0.1) is 0 Å². The summed E-state index contributed by atoms with van der Waals surface area (Å²) in [5.74, 6) is 1.27. The number of benzene rings is 2. The van der Waals surface area contributed by atoms with Crippen LogP contribution in [-0.2, 0) is 0 Å². The van der Waals surface area contributed by atoms with Crippen molar-refractivity contribution in [1.82, 2.24) is 20.0 Å². The molecule has 0 aliphatic rings. The van der Waals surface area contributed by atoms with Crippen LogP contribution in [0.15, 0.2) is 53.9 Å². The highest BCUT2D eigenvalue weighted by Crippen LogP contribution is 2.32. The molecule has 0 fully saturated rings. The first-order valence-corrected chi connectivity index (χ1v) is 9.57. The number of thiazole rings is 1. The van der Waals surface area contributed by atoms with Crippen LogP contribution in [0.2, 0.25) is 5.02 Å². The lowest BCUT2D eigenvalue weighted by atomic mass is 10.2. The molecule has 0 aliphatic carbocycles. The van der Waals surface area contributed by atoms with Crippen molar-refractivity contribution >= 4 is 28.8 Å². The maximum Gasteiger partial charge on any atom is 0.165 e. The number of nitrogen functional groups attached to an aromatic ring is 1. The molecule has 2 heterocycles. The second-order valence-corrected chi connectivity index (χ2v) is 7.00. The predicted molar refractivity (Wildman–Crippen MR) is 108 cm³/mol. The highest BCUT2D eigenvalue weighted by atomic mass is 35.5. The van der Waals surface area contributed by atoms with Gasteiger partial charge < -0.3 is 10.5 Å². The molecule has 2 N–H and O–H groups in total. The molecule has 136 valence electrons. The summed E-state index contributed by atoms with van der Waals surface area (Å²) >= 11 is 7.41. The van der Waals surface area contributed by atoms with Gasteiger partial charge in [-0.05, 0) is 55.5 Å². The first-order valence-electron chi connectivity index (χ1n) is 8.32. The topological polar surface area (TPSA) is 78.9 Å². The summed E-state index contributed by atoms with van der Waals surface area (Å²) in [7, 11) is 0. The van der Waals surface area contributed by atoms with E-state index in [2.05, 4.69) is 15.3 Å². The van der Waals surface area contributed by atoms with E-state index in [1.165, 1.54) is 11.3 Å². The van der Waals surface area contributed by atoms with Crippen molar-refractivity contribution in [2.75, 3.05) is 12.3 Å². The van der Waals surface area contributed by atoms with Crippen molar-refractivity contribution in [2.45, 2.75) is 6.92 Å². The van der Waals surface area contributed by atoms with Crippen molar-refractivity contribution in [2.24, 2.45) is 0 Å². The van der Waals surface area contributed by atoms with Crippen LogP contribution in [0.25, 0.3) is 27.6 Å². The van der Waals surface area contributed by atoms with Crippen molar-refractivity contribution < 1.29 is 4.74 Å². The van der Waals surface area contributed by atoms with Crippen molar-refractivity contribution in [3.05, 3.63) is 58.9 Å². The zero-order chi connectivity index (χ0) is 18.8. The minimum absolute atomic E-state index is 0.435. The van der Waals surface area contributed by atoms with Gasteiger partial charge in [0.25, 0.3) is 0 Å². The van der Waals surface area contributed by atoms with E-state index in [-0.39, 0.29) is 0 Å². The molecule has 0 radical (unpaired) electrons. The minimum Gasteiger partial charge on any atom is -0.494 e. The fraction of sp³-hybridized carbons (Fsp3) is 0.105. The van der Waals surface area contributed by atoms with Crippen LogP contribution in [0.3, 0.4) is 0 Å². The van der Waals surface area contributed by atoms with Gasteiger partial charge in [0.2, 0.25) is 0 Å². The van der Waals surface area contributed by atoms with Crippen molar-refractivity contribution in [3.8, 4) is 33.4 Å². The summed E-state index contributed by atoms with van der Waals surface area (Å²) in [5.41, 5.74) is 9.48. The van der Waals surface area contributed by atoms with E-state index in [4.69, 9.17) is 22.1 Å². The molecule has 0 amide bonds. The molecule has 0 saturated heterocycles. The molecule has 8 heteroatoms. The molecule has 27 heavy (non-hydrogen) atoms. The lowest BCUT2D eigenvalue weighted by Crippen LogP contribution is -2.02. The summed E-state index contributed by atoms with van der Waals surface area (Å²) in [6.07, 6.45) is 0. The number of halogens is 1. The Morgan fingerprint density at radius 3 is 2.56 bits per heavy atom. The van der Waals surface area contributed by atoms with Gasteiger partial charge >= 0.3 is 0 Å². The molecule has 2 aromatic carbocycles. The number of hydrogen-bond acceptors (Lipinski definition) is 6. The van der Waals surface area contributed by atoms with Gasteiger partial charge in [-0.3, -0.25) is 0 Å². The number of ether oxygens (including phenoxy) is 1. The van der Waals surface area contributed by atoms with E-state index >= 15 is 0 Å². The summed E-state index contributed by atoms with van der Waals surface area (Å²) < 4.78 is 7.05. The van der Waals surface area contributed by atoms with Gasteiger partial charge in [-0.1, -0.05) is 16.8 Å². The second-order valence-electron chi connectivity index (χ2n) is 5.71. The van der Waals surface area contributed by atoms with Crippen LogP contribution in [0.4, 0.5) is 5.82 Å². The zero-order valence-electron chi connectivity index (χ0n) is 14.5. The lowest BCUT2D eigenvalue weighted by molar-refractivity contribution is 0.340. The molecule has 2 aromatic heterocycles. The summed E-state index contributed by atoms with van der Waals surface area (Å²) in [6.45, 7) is 2.60. The monoisotopic (exact) mass is 397 g/mol. The summed E-state index contributed by atoms with van der Waals surface area (Å²) in [5, 5.41) is 11.7. The Bertz CT molecular complexity index is 1060. The third-order valence-electron chi connectivity index (χ3n) is 3.94. The molecular formula is C19H16ClN5OS. The first kappa shape index (κ1) is 17.5. The van der Waals surface area contributed by atoms with E-state index < -0.39 is 0 Å². The average Bonchev–Trinajstić information content (AvgIpc) is 3.30. The van der Waals surface area contributed by atoms with Gasteiger partial charge in [0.15, 0.2) is 11.5 Å². The number of aromatic nitrogens is 4. The molecule has 0 spiro atoms. The van der Waals surface area contributed by atoms with E-state index in [9.17, 15) is 0 Å².